The summed E-state index contributed by atoms with van der Waals surface area (Å²) in [5.41, 5.74) is 8.56. The van der Waals surface area contributed by atoms with E-state index in [9.17, 15) is 19.5 Å². The molecule has 31 heavy (non-hydrogen) atoms. The smallest absolute Gasteiger partial charge is 0.352 e. The molecule has 0 radical (unpaired) electrons. The second-order valence-electron chi connectivity index (χ2n) is 6.97. The first-order valence-electron chi connectivity index (χ1n) is 9.24. The predicted molar refractivity (Wildman–Crippen MR) is 110 cm³/mol. The van der Waals surface area contributed by atoms with Gasteiger partial charge in [-0.3, -0.25) is 19.7 Å². The van der Waals surface area contributed by atoms with Crippen molar-refractivity contribution in [2.75, 3.05) is 11.5 Å². The second-order valence-corrected chi connectivity index (χ2v) is 9.07. The molecule has 2 amide bonds. The lowest BCUT2D eigenvalue weighted by Gasteiger charge is -2.48. The van der Waals surface area contributed by atoms with Crippen LogP contribution in [-0.2, 0) is 20.8 Å². The Morgan fingerprint density at radius 2 is 2.19 bits per heavy atom. The fraction of sp³-hybridized carbons (Fsp3) is 0.412. The second kappa shape index (κ2) is 8.45. The molecule has 0 spiro atoms. The molecule has 0 saturated carbocycles. The van der Waals surface area contributed by atoms with E-state index in [-0.39, 0.29) is 29.8 Å². The van der Waals surface area contributed by atoms with Crippen LogP contribution in [0.4, 0.5) is 0 Å². The van der Waals surface area contributed by atoms with E-state index < -0.39 is 17.9 Å². The molecule has 164 valence electrons. The van der Waals surface area contributed by atoms with Crippen molar-refractivity contribution in [1.29, 1.82) is 0 Å². The van der Waals surface area contributed by atoms with Gasteiger partial charge < -0.3 is 10.8 Å². The molecule has 0 unspecified atom stereocenters. The van der Waals surface area contributed by atoms with E-state index in [2.05, 4.69) is 15.1 Å². The molecule has 2 aromatic heterocycles. The zero-order valence-corrected chi connectivity index (χ0v) is 17.9. The van der Waals surface area contributed by atoms with E-state index >= 15 is 0 Å². The van der Waals surface area contributed by atoms with Crippen LogP contribution >= 0.6 is 23.5 Å². The first-order chi connectivity index (χ1) is 14.8. The zero-order chi connectivity index (χ0) is 22.3. The molecule has 4 heterocycles. The molecule has 0 bridgehead atoms. The summed E-state index contributed by atoms with van der Waals surface area (Å²) in [6.45, 7) is 1.73. The number of hydroxylamine groups is 1. The van der Waals surface area contributed by atoms with Gasteiger partial charge in [-0.2, -0.15) is 9.50 Å². The summed E-state index contributed by atoms with van der Waals surface area (Å²) in [5, 5.41) is 23.0. The number of rotatable bonds is 7. The Bertz CT molecular complexity index is 1120. The topological polar surface area (TPSA) is 176 Å². The van der Waals surface area contributed by atoms with Gasteiger partial charge in [-0.15, -0.1) is 28.6 Å². The number of amides is 2. The number of aromatic nitrogens is 4. The first kappa shape index (κ1) is 21.5. The number of nitrogens with two attached hydrogens (primary N) is 1. The number of hydrogen-bond donors (Lipinski definition) is 4. The van der Waals surface area contributed by atoms with Crippen molar-refractivity contribution in [3.8, 4) is 0 Å². The number of fused-ring (bicyclic) bond motifs is 2. The van der Waals surface area contributed by atoms with Gasteiger partial charge in [0.05, 0.1) is 0 Å². The summed E-state index contributed by atoms with van der Waals surface area (Å²) in [7, 11) is 0. The van der Waals surface area contributed by atoms with Crippen LogP contribution in [0, 0.1) is 6.92 Å². The molecule has 14 heteroatoms. The van der Waals surface area contributed by atoms with Crippen LogP contribution < -0.4 is 11.2 Å². The largest absolute Gasteiger partial charge is 0.477 e. The highest BCUT2D eigenvalue weighted by atomic mass is 32.2. The molecule has 2 aromatic rings. The number of β-lactam (4-membered cyclic amide) rings is 1. The third kappa shape index (κ3) is 3.98. The fourth-order valence-electron chi connectivity index (χ4n) is 3.37. The van der Waals surface area contributed by atoms with Crippen LogP contribution in [0.25, 0.3) is 5.78 Å². The molecule has 12 nitrogen and oxygen atoms in total. The average molecular weight is 466 g/mol. The Labute approximate surface area is 184 Å². The van der Waals surface area contributed by atoms with Crippen molar-refractivity contribution in [3.05, 3.63) is 28.9 Å². The van der Waals surface area contributed by atoms with E-state index in [1.54, 1.807) is 23.0 Å². The van der Waals surface area contributed by atoms with Crippen molar-refractivity contribution in [2.24, 2.45) is 5.73 Å². The number of aliphatic carboxylic acids is 1. The molecule has 1 saturated heterocycles. The van der Waals surface area contributed by atoms with Crippen LogP contribution in [0.1, 0.15) is 17.9 Å². The molecule has 0 aromatic carbocycles. The maximum atomic E-state index is 12.1. The maximum absolute atomic E-state index is 12.1. The SMILES string of the molecule is Cc1nc2nc(CCC(=O)NO)cc(SCC3=C(C(=O)O)N4C(=O)[C@@H](N)[C@H]4SC3)n2n1. The van der Waals surface area contributed by atoms with Crippen molar-refractivity contribution >= 4 is 47.1 Å². The normalized spacial score (nSPS) is 20.6. The summed E-state index contributed by atoms with van der Waals surface area (Å²) in [5.74, 6) is -0.443. The number of nitrogens with zero attached hydrogens (tertiary/aromatic N) is 5. The van der Waals surface area contributed by atoms with Gasteiger partial charge in [0.15, 0.2) is 0 Å². The summed E-state index contributed by atoms with van der Waals surface area (Å²) in [6, 6.07) is 1.08. The molecule has 2 aliphatic rings. The van der Waals surface area contributed by atoms with Crippen molar-refractivity contribution in [2.45, 2.75) is 36.2 Å². The minimum Gasteiger partial charge on any atom is -0.477 e. The number of aryl methyl sites for hydroxylation is 2. The monoisotopic (exact) mass is 465 g/mol. The zero-order valence-electron chi connectivity index (χ0n) is 16.3. The van der Waals surface area contributed by atoms with Gasteiger partial charge in [0.2, 0.25) is 11.8 Å². The average Bonchev–Trinajstić information content (AvgIpc) is 3.14. The quantitative estimate of drug-likeness (QED) is 0.137. The Hall–Kier alpha value is -2.68. The molecule has 2 atom stereocenters. The Morgan fingerprint density at radius 3 is 2.90 bits per heavy atom. The van der Waals surface area contributed by atoms with Crippen molar-refractivity contribution < 1.29 is 24.7 Å². The lowest BCUT2D eigenvalue weighted by molar-refractivity contribution is -0.147. The molecule has 0 aliphatic carbocycles. The number of carboxylic acids is 1. The minimum atomic E-state index is -1.16. The Balaban J connectivity index is 1.61. The third-order valence-corrected chi connectivity index (χ3v) is 7.30. The van der Waals surface area contributed by atoms with Crippen LogP contribution in [0.15, 0.2) is 22.4 Å². The number of carboxylic acid groups (broad SMARTS) is 1. The summed E-state index contributed by atoms with van der Waals surface area (Å²) < 4.78 is 1.56. The van der Waals surface area contributed by atoms with Crippen LogP contribution in [0.2, 0.25) is 0 Å². The van der Waals surface area contributed by atoms with Gasteiger partial charge in [-0.25, -0.2) is 15.3 Å². The van der Waals surface area contributed by atoms with Gasteiger partial charge in [0, 0.05) is 23.6 Å². The van der Waals surface area contributed by atoms with E-state index in [0.29, 0.717) is 39.4 Å². The Morgan fingerprint density at radius 1 is 1.42 bits per heavy atom. The van der Waals surface area contributed by atoms with Gasteiger partial charge in [-0.1, -0.05) is 0 Å². The highest BCUT2D eigenvalue weighted by Gasteiger charge is 2.51. The number of carbonyl (C=O) groups is 3. The van der Waals surface area contributed by atoms with Crippen LogP contribution in [0.5, 0.6) is 0 Å². The molecular weight excluding hydrogens is 446 g/mol. The lowest BCUT2D eigenvalue weighted by Crippen LogP contribution is -2.68. The first-order valence-corrected chi connectivity index (χ1v) is 11.3. The third-order valence-electron chi connectivity index (χ3n) is 4.86. The molecule has 5 N–H and O–H groups in total. The highest BCUT2D eigenvalue weighted by molar-refractivity contribution is 8.01. The summed E-state index contributed by atoms with van der Waals surface area (Å²) in [4.78, 5) is 45.2. The van der Waals surface area contributed by atoms with Gasteiger partial charge >= 0.3 is 5.97 Å². The van der Waals surface area contributed by atoms with E-state index in [4.69, 9.17) is 10.9 Å². The number of carbonyl (C=O) groups excluding carboxylic acids is 2. The summed E-state index contributed by atoms with van der Waals surface area (Å²) >= 11 is 2.79. The molecule has 2 aliphatic heterocycles. The van der Waals surface area contributed by atoms with Crippen LogP contribution in [-0.4, -0.2) is 75.5 Å². The van der Waals surface area contributed by atoms with Crippen molar-refractivity contribution in [3.63, 3.8) is 0 Å². The number of thioether (sulfide) groups is 2. The molecule has 4 rings (SSSR count). The predicted octanol–water partition coefficient (Wildman–Crippen LogP) is -0.456. The Kier molecular flexibility index (Phi) is 5.88. The fourth-order valence-corrected chi connectivity index (χ4v) is 5.82. The maximum Gasteiger partial charge on any atom is 0.352 e. The van der Waals surface area contributed by atoms with E-state index in [1.807, 2.05) is 0 Å². The minimum absolute atomic E-state index is 0.0112. The van der Waals surface area contributed by atoms with E-state index in [0.717, 1.165) is 0 Å². The highest BCUT2D eigenvalue weighted by Crippen LogP contribution is 2.40. The number of hydrogen-bond acceptors (Lipinski definition) is 10. The van der Waals surface area contributed by atoms with E-state index in [1.165, 1.54) is 28.4 Å². The standard InChI is InChI=1S/C17H19N7O5S2/c1-7-19-17-20-9(2-3-10(25)22-29)4-11(24(17)21-7)30-5-8-6-31-15-12(18)14(26)23(15)13(8)16(27)28/h4,12,15,29H,2-3,5-6,18H2,1H3,(H,22,25)(H,27,28)/t12-,15-/m1/s1. The summed E-state index contributed by atoms with van der Waals surface area (Å²) in [6.07, 6.45) is 0.323. The van der Waals surface area contributed by atoms with Gasteiger partial charge in [0.25, 0.3) is 5.78 Å². The molecular formula is C17H19N7O5S2. The number of nitrogens with one attached hydrogen (secondary N) is 1. The lowest BCUT2D eigenvalue weighted by atomic mass is 10.0. The van der Waals surface area contributed by atoms with Crippen molar-refractivity contribution in [1.82, 2.24) is 30.0 Å². The van der Waals surface area contributed by atoms with Gasteiger partial charge in [-0.05, 0) is 25.0 Å². The molecule has 1 fully saturated rings. The van der Waals surface area contributed by atoms with Gasteiger partial charge in [0.1, 0.15) is 28.0 Å². The van der Waals surface area contributed by atoms with Crippen LogP contribution in [0.3, 0.4) is 0 Å².